The molecule has 0 rings (SSSR count). The van der Waals surface area contributed by atoms with Crippen LogP contribution in [-0.4, -0.2) is 57.2 Å². The summed E-state index contributed by atoms with van der Waals surface area (Å²) >= 11 is 4.60. The predicted molar refractivity (Wildman–Crippen MR) is 67.8 cm³/mol. The van der Waals surface area contributed by atoms with Crippen molar-refractivity contribution in [3.05, 3.63) is 0 Å². The van der Waals surface area contributed by atoms with Crippen molar-refractivity contribution in [2.75, 3.05) is 33.4 Å². The van der Waals surface area contributed by atoms with Crippen LogP contribution in [0.4, 0.5) is 13.2 Å². The molecule has 11 heteroatoms. The van der Waals surface area contributed by atoms with E-state index >= 15 is 0 Å². The molecule has 0 unspecified atom stereocenters. The number of thiocarbonyl (C=S) groups is 1. The van der Waals surface area contributed by atoms with Gasteiger partial charge in [0.2, 0.25) is 0 Å². The normalized spacial score (nSPS) is 12.9. The Morgan fingerprint density at radius 3 is 2.42 bits per heavy atom. The van der Waals surface area contributed by atoms with Crippen molar-refractivity contribution in [1.82, 2.24) is 9.03 Å². The van der Waals surface area contributed by atoms with Crippen molar-refractivity contribution in [3.63, 3.8) is 0 Å². The van der Waals surface area contributed by atoms with E-state index in [9.17, 15) is 21.6 Å². The third-order valence-corrected chi connectivity index (χ3v) is 3.71. The van der Waals surface area contributed by atoms with Crippen LogP contribution >= 0.6 is 12.2 Å². The summed E-state index contributed by atoms with van der Waals surface area (Å²) in [6, 6.07) is 0. The van der Waals surface area contributed by atoms with Crippen molar-refractivity contribution in [2.24, 2.45) is 5.73 Å². The van der Waals surface area contributed by atoms with Crippen molar-refractivity contribution in [2.45, 2.75) is 12.6 Å². The van der Waals surface area contributed by atoms with Crippen LogP contribution in [0.15, 0.2) is 0 Å². The van der Waals surface area contributed by atoms with Gasteiger partial charge < -0.3 is 10.5 Å². The minimum Gasteiger partial charge on any atom is -0.393 e. The highest BCUT2D eigenvalue weighted by Crippen LogP contribution is 2.13. The van der Waals surface area contributed by atoms with Crippen LogP contribution in [0.5, 0.6) is 0 Å². The van der Waals surface area contributed by atoms with Crippen LogP contribution in [0.3, 0.4) is 0 Å². The van der Waals surface area contributed by atoms with Crippen LogP contribution in [0.1, 0.15) is 6.42 Å². The lowest BCUT2D eigenvalue weighted by molar-refractivity contribution is -0.121. The molecule has 114 valence electrons. The lowest BCUT2D eigenvalue weighted by Gasteiger charge is -2.22. The zero-order valence-corrected chi connectivity index (χ0v) is 11.9. The molecule has 0 aliphatic rings. The van der Waals surface area contributed by atoms with Crippen LogP contribution in [-0.2, 0) is 14.9 Å². The number of nitrogens with one attached hydrogen (secondary N) is 1. The average molecular weight is 323 g/mol. The van der Waals surface area contributed by atoms with Gasteiger partial charge in [0.05, 0.1) is 11.6 Å². The number of hydrogen-bond acceptors (Lipinski definition) is 4. The first-order valence-corrected chi connectivity index (χ1v) is 7.02. The fourth-order valence-corrected chi connectivity index (χ4v) is 2.31. The van der Waals surface area contributed by atoms with Gasteiger partial charge in [0.15, 0.2) is 0 Å². The number of rotatable bonds is 9. The lowest BCUT2D eigenvalue weighted by Crippen LogP contribution is -2.46. The summed E-state index contributed by atoms with van der Waals surface area (Å²) in [7, 11) is -2.91. The summed E-state index contributed by atoms with van der Waals surface area (Å²) in [5.74, 6) is 0. The Balaban J connectivity index is 4.65. The Bertz CT molecular complexity index is 386. The monoisotopic (exact) mass is 323 g/mol. The van der Waals surface area contributed by atoms with E-state index in [0.29, 0.717) is 0 Å². The quantitative estimate of drug-likeness (QED) is 0.584. The zero-order chi connectivity index (χ0) is 15.1. The Morgan fingerprint density at radius 2 is 2.00 bits per heavy atom. The minimum absolute atomic E-state index is 0.0459. The average Bonchev–Trinajstić information content (AvgIpc) is 2.25. The van der Waals surface area contributed by atoms with Crippen LogP contribution in [0, 0.1) is 0 Å². The molecular weight excluding hydrogens is 307 g/mol. The van der Waals surface area contributed by atoms with Crippen LogP contribution in [0.2, 0.25) is 0 Å². The highest BCUT2D eigenvalue weighted by molar-refractivity contribution is 7.87. The number of hydrogen-bond donors (Lipinski definition) is 2. The second kappa shape index (κ2) is 7.94. The van der Waals surface area contributed by atoms with Gasteiger partial charge in [-0.25, -0.2) is 0 Å². The van der Waals surface area contributed by atoms with E-state index in [-0.39, 0.29) is 31.1 Å². The first kappa shape index (κ1) is 18.5. The second-order valence-electron chi connectivity index (χ2n) is 3.55. The van der Waals surface area contributed by atoms with Crippen LogP contribution in [0.25, 0.3) is 0 Å². The van der Waals surface area contributed by atoms with Crippen molar-refractivity contribution in [1.29, 1.82) is 0 Å². The number of nitrogens with zero attached hydrogens (tertiary/aromatic N) is 1. The van der Waals surface area contributed by atoms with Gasteiger partial charge in [-0.1, -0.05) is 12.2 Å². The molecule has 0 aliphatic heterocycles. The van der Waals surface area contributed by atoms with Crippen LogP contribution < -0.4 is 10.5 Å². The molecule has 0 bridgehead atoms. The SMILES string of the molecule is COCCN(CCC(N)=S)S(=O)(=O)NCC(F)(F)F. The Morgan fingerprint density at radius 1 is 1.42 bits per heavy atom. The van der Waals surface area contributed by atoms with Gasteiger partial charge in [0.1, 0.15) is 6.54 Å². The summed E-state index contributed by atoms with van der Waals surface area (Å²) in [5, 5.41) is 0. The maximum absolute atomic E-state index is 12.0. The summed E-state index contributed by atoms with van der Waals surface area (Å²) < 4.78 is 66.3. The fourth-order valence-electron chi connectivity index (χ4n) is 1.04. The molecule has 0 aromatic rings. The molecule has 0 radical (unpaired) electrons. The van der Waals surface area contributed by atoms with Gasteiger partial charge in [-0.2, -0.15) is 30.6 Å². The highest BCUT2D eigenvalue weighted by Gasteiger charge is 2.31. The highest BCUT2D eigenvalue weighted by atomic mass is 32.2. The third kappa shape index (κ3) is 9.10. The number of halogens is 3. The molecule has 19 heavy (non-hydrogen) atoms. The molecule has 0 fully saturated rings. The first-order valence-electron chi connectivity index (χ1n) is 5.17. The smallest absolute Gasteiger partial charge is 0.393 e. The van der Waals surface area contributed by atoms with E-state index in [1.54, 1.807) is 0 Å². The molecular formula is C8H16F3N3O3S2. The van der Waals surface area contributed by atoms with Crippen molar-refractivity contribution < 1.29 is 26.3 Å². The van der Waals surface area contributed by atoms with E-state index in [4.69, 9.17) is 10.5 Å². The van der Waals surface area contributed by atoms with Gasteiger partial charge in [-0.05, 0) is 0 Å². The number of nitrogens with two attached hydrogens (primary N) is 1. The van der Waals surface area contributed by atoms with E-state index in [2.05, 4.69) is 12.2 Å². The minimum atomic E-state index is -4.62. The van der Waals surface area contributed by atoms with E-state index < -0.39 is 22.9 Å². The molecule has 0 aromatic carbocycles. The number of ether oxygens (including phenoxy) is 1. The van der Waals surface area contributed by atoms with Gasteiger partial charge in [0.25, 0.3) is 10.2 Å². The molecule has 0 saturated carbocycles. The Labute approximate surface area is 115 Å². The molecule has 0 aliphatic carbocycles. The molecule has 3 N–H and O–H groups in total. The molecule has 0 spiro atoms. The summed E-state index contributed by atoms with van der Waals surface area (Å²) in [6.07, 6.45) is -4.55. The standard InChI is InChI=1S/C8H16F3N3O3S2/c1-17-5-4-14(3-2-7(12)18)19(15,16)13-6-8(9,10)11/h13H,2-6H2,1H3,(H2,12,18). The Kier molecular flexibility index (Phi) is 7.74. The Hall–Kier alpha value is -0.490. The molecule has 6 nitrogen and oxygen atoms in total. The lowest BCUT2D eigenvalue weighted by atomic mass is 10.4. The van der Waals surface area contributed by atoms with E-state index in [1.165, 1.54) is 11.8 Å². The zero-order valence-electron chi connectivity index (χ0n) is 10.2. The largest absolute Gasteiger partial charge is 0.402 e. The molecule has 0 aromatic heterocycles. The maximum atomic E-state index is 12.0. The third-order valence-electron chi connectivity index (χ3n) is 1.95. The molecule has 0 saturated heterocycles. The number of methoxy groups -OCH3 is 1. The van der Waals surface area contributed by atoms with Crippen molar-refractivity contribution >= 4 is 27.4 Å². The first-order chi connectivity index (χ1) is 8.58. The van der Waals surface area contributed by atoms with Gasteiger partial charge in [0, 0.05) is 26.6 Å². The van der Waals surface area contributed by atoms with E-state index in [0.717, 1.165) is 4.31 Å². The number of alkyl halides is 3. The second-order valence-corrected chi connectivity index (χ2v) is 5.83. The summed E-state index contributed by atoms with van der Waals surface area (Å²) in [5.41, 5.74) is 5.23. The molecule has 0 heterocycles. The van der Waals surface area contributed by atoms with E-state index in [1.807, 2.05) is 0 Å². The maximum Gasteiger partial charge on any atom is 0.402 e. The van der Waals surface area contributed by atoms with Gasteiger partial charge in [-0.15, -0.1) is 0 Å². The fraction of sp³-hybridized carbons (Fsp3) is 0.875. The molecule has 0 amide bonds. The topological polar surface area (TPSA) is 84.7 Å². The van der Waals surface area contributed by atoms with Gasteiger partial charge >= 0.3 is 6.18 Å². The van der Waals surface area contributed by atoms with Gasteiger partial charge in [-0.3, -0.25) is 0 Å². The molecule has 0 atom stereocenters. The van der Waals surface area contributed by atoms with Crippen molar-refractivity contribution in [3.8, 4) is 0 Å². The summed E-state index contributed by atoms with van der Waals surface area (Å²) in [6.45, 7) is -1.78. The summed E-state index contributed by atoms with van der Waals surface area (Å²) in [4.78, 5) is 0.0773. The predicted octanol–water partition coefficient (Wildman–Crippen LogP) is 0.00770.